The third-order valence-corrected chi connectivity index (χ3v) is 6.04. The molecule has 0 saturated heterocycles. The monoisotopic (exact) mass is 574 g/mol. The molecule has 0 aliphatic rings. The van der Waals surface area contributed by atoms with E-state index in [1.165, 1.54) is 0 Å². The van der Waals surface area contributed by atoms with Crippen LogP contribution in [0.15, 0.2) is 75.9 Å². The van der Waals surface area contributed by atoms with Gasteiger partial charge in [0.1, 0.15) is 5.58 Å². The van der Waals surface area contributed by atoms with E-state index < -0.39 is 11.5 Å². The molecule has 2 N–H and O–H groups in total. The highest BCUT2D eigenvalue weighted by atomic mass is 127. The van der Waals surface area contributed by atoms with E-state index in [4.69, 9.17) is 28.2 Å². The van der Waals surface area contributed by atoms with E-state index >= 15 is 0 Å². The van der Waals surface area contributed by atoms with Gasteiger partial charge in [-0.05, 0) is 89.3 Å². The first-order valence-corrected chi connectivity index (χ1v) is 11.4. The molecule has 5 nitrogen and oxygen atoms in total. The van der Waals surface area contributed by atoms with E-state index in [1.54, 1.807) is 30.3 Å². The van der Waals surface area contributed by atoms with Crippen molar-refractivity contribution in [1.82, 2.24) is 5.32 Å². The summed E-state index contributed by atoms with van der Waals surface area (Å²) < 4.78 is 6.33. The van der Waals surface area contributed by atoms with Crippen LogP contribution >= 0.6 is 46.4 Å². The van der Waals surface area contributed by atoms with Crippen molar-refractivity contribution in [2.75, 3.05) is 5.32 Å². The lowest BCUT2D eigenvalue weighted by atomic mass is 10.0. The maximum atomic E-state index is 12.6. The average Bonchev–Trinajstić information content (AvgIpc) is 2.76. The number of para-hydroxylation sites is 1. The molecule has 0 radical (unpaired) electrons. The van der Waals surface area contributed by atoms with Crippen molar-refractivity contribution in [3.63, 3.8) is 0 Å². The summed E-state index contributed by atoms with van der Waals surface area (Å²) in [5.74, 6) is -0.407. The zero-order valence-corrected chi connectivity index (χ0v) is 20.5. The molecule has 0 saturated carbocycles. The van der Waals surface area contributed by atoms with Gasteiger partial charge in [-0.2, -0.15) is 0 Å². The molecule has 160 valence electrons. The fourth-order valence-corrected chi connectivity index (χ4v) is 4.08. The number of rotatable bonds is 3. The Morgan fingerprint density at radius 3 is 2.66 bits per heavy atom. The molecule has 32 heavy (non-hydrogen) atoms. The summed E-state index contributed by atoms with van der Waals surface area (Å²) >= 11 is 13.6. The van der Waals surface area contributed by atoms with Crippen molar-refractivity contribution in [3.05, 3.63) is 96.9 Å². The molecule has 3 aromatic carbocycles. The number of hydrogen-bond donors (Lipinski definition) is 2. The Bertz CT molecular complexity index is 1430. The molecular weight excluding hydrogens is 559 g/mol. The summed E-state index contributed by atoms with van der Waals surface area (Å²) in [5, 5.41) is 6.97. The van der Waals surface area contributed by atoms with Crippen LogP contribution in [-0.4, -0.2) is 11.0 Å². The SMILES string of the molecule is Cc1ccc(-c2cc3ccccc3oc2=O)cc1NC(=S)NC(=O)c1cc(I)ccc1Cl. The van der Waals surface area contributed by atoms with Crippen LogP contribution in [0.5, 0.6) is 0 Å². The van der Waals surface area contributed by atoms with E-state index in [2.05, 4.69) is 33.2 Å². The smallest absolute Gasteiger partial charge is 0.344 e. The van der Waals surface area contributed by atoms with Crippen molar-refractivity contribution in [2.45, 2.75) is 6.92 Å². The highest BCUT2D eigenvalue weighted by Gasteiger charge is 2.14. The molecule has 0 aliphatic carbocycles. The summed E-state index contributed by atoms with van der Waals surface area (Å²) in [6, 6.07) is 19.8. The number of hydrogen-bond acceptors (Lipinski definition) is 4. The minimum atomic E-state index is -0.428. The second-order valence-corrected chi connectivity index (χ2v) is 9.11. The zero-order chi connectivity index (χ0) is 22.8. The quantitative estimate of drug-likeness (QED) is 0.174. The van der Waals surface area contributed by atoms with Gasteiger partial charge in [0.05, 0.1) is 16.1 Å². The number of amides is 1. The Labute approximate surface area is 207 Å². The first-order valence-electron chi connectivity index (χ1n) is 9.53. The summed E-state index contributed by atoms with van der Waals surface area (Å²) in [5.41, 5.74) is 3.10. The molecule has 8 heteroatoms. The molecule has 0 spiro atoms. The van der Waals surface area contributed by atoms with E-state index in [-0.39, 0.29) is 5.11 Å². The van der Waals surface area contributed by atoms with Crippen LogP contribution in [0.25, 0.3) is 22.1 Å². The third kappa shape index (κ3) is 4.85. The van der Waals surface area contributed by atoms with Gasteiger partial charge in [-0.1, -0.05) is 41.9 Å². The van der Waals surface area contributed by atoms with Crippen LogP contribution in [0.3, 0.4) is 0 Å². The number of anilines is 1. The molecule has 0 fully saturated rings. The molecule has 1 heterocycles. The maximum absolute atomic E-state index is 12.6. The minimum Gasteiger partial charge on any atom is -0.422 e. The zero-order valence-electron chi connectivity index (χ0n) is 16.7. The molecule has 0 atom stereocenters. The Morgan fingerprint density at radius 2 is 1.84 bits per heavy atom. The number of fused-ring (bicyclic) bond motifs is 1. The van der Waals surface area contributed by atoms with Crippen LogP contribution in [-0.2, 0) is 0 Å². The van der Waals surface area contributed by atoms with Crippen molar-refractivity contribution in [1.29, 1.82) is 0 Å². The lowest BCUT2D eigenvalue weighted by Crippen LogP contribution is -2.34. The second-order valence-electron chi connectivity index (χ2n) is 7.05. The van der Waals surface area contributed by atoms with E-state index in [0.29, 0.717) is 33.0 Å². The van der Waals surface area contributed by atoms with Crippen LogP contribution in [0.4, 0.5) is 5.69 Å². The number of halogens is 2. The number of carbonyl (C=O) groups excluding carboxylic acids is 1. The van der Waals surface area contributed by atoms with Gasteiger partial charge in [-0.25, -0.2) is 4.79 Å². The van der Waals surface area contributed by atoms with Crippen molar-refractivity contribution < 1.29 is 9.21 Å². The minimum absolute atomic E-state index is 0.121. The predicted molar refractivity (Wildman–Crippen MR) is 141 cm³/mol. The summed E-state index contributed by atoms with van der Waals surface area (Å²) in [6.45, 7) is 1.90. The molecule has 4 rings (SSSR count). The largest absolute Gasteiger partial charge is 0.422 e. The lowest BCUT2D eigenvalue weighted by Gasteiger charge is -2.14. The number of aryl methyl sites for hydroxylation is 1. The molecule has 1 aromatic heterocycles. The molecule has 0 aliphatic heterocycles. The predicted octanol–water partition coefficient (Wildman–Crippen LogP) is 6.15. The highest BCUT2D eigenvalue weighted by molar-refractivity contribution is 14.1. The highest BCUT2D eigenvalue weighted by Crippen LogP contribution is 2.26. The lowest BCUT2D eigenvalue weighted by molar-refractivity contribution is 0.0978. The van der Waals surface area contributed by atoms with Gasteiger partial charge >= 0.3 is 5.63 Å². The summed E-state index contributed by atoms with van der Waals surface area (Å²) in [6.07, 6.45) is 0. The van der Waals surface area contributed by atoms with Crippen molar-refractivity contribution in [3.8, 4) is 11.1 Å². The Hall–Kier alpha value is -2.75. The maximum Gasteiger partial charge on any atom is 0.344 e. The van der Waals surface area contributed by atoms with Crippen LogP contribution in [0.1, 0.15) is 15.9 Å². The first-order chi connectivity index (χ1) is 15.3. The number of benzene rings is 3. The first kappa shape index (κ1) is 22.4. The van der Waals surface area contributed by atoms with Gasteiger partial charge in [0.25, 0.3) is 5.91 Å². The second kappa shape index (κ2) is 9.40. The molecule has 0 unspecified atom stereocenters. The van der Waals surface area contributed by atoms with Crippen molar-refractivity contribution in [2.24, 2.45) is 0 Å². The van der Waals surface area contributed by atoms with Crippen LogP contribution < -0.4 is 16.3 Å². The number of nitrogens with one attached hydrogen (secondary N) is 2. The van der Waals surface area contributed by atoms with E-state index in [9.17, 15) is 9.59 Å². The van der Waals surface area contributed by atoms with E-state index in [1.807, 2.05) is 43.3 Å². The van der Waals surface area contributed by atoms with Gasteiger partial charge in [0.15, 0.2) is 5.11 Å². The fraction of sp³-hybridized carbons (Fsp3) is 0.0417. The summed E-state index contributed by atoms with van der Waals surface area (Å²) in [4.78, 5) is 25.1. The molecule has 4 aromatic rings. The van der Waals surface area contributed by atoms with E-state index in [0.717, 1.165) is 14.5 Å². The van der Waals surface area contributed by atoms with Crippen molar-refractivity contribution >= 4 is 74.1 Å². The number of carbonyl (C=O) groups is 1. The Morgan fingerprint density at radius 1 is 1.06 bits per heavy atom. The van der Waals surface area contributed by atoms with Gasteiger partial charge in [0.2, 0.25) is 0 Å². The molecular formula is C24H16ClIN2O3S. The topological polar surface area (TPSA) is 71.3 Å². The van der Waals surface area contributed by atoms with Crippen LogP contribution in [0.2, 0.25) is 5.02 Å². The van der Waals surface area contributed by atoms with Gasteiger partial charge < -0.3 is 9.73 Å². The number of thiocarbonyl (C=S) groups is 1. The van der Waals surface area contributed by atoms with Gasteiger partial charge in [0, 0.05) is 14.6 Å². The molecule has 1 amide bonds. The van der Waals surface area contributed by atoms with Gasteiger partial charge in [-0.3, -0.25) is 10.1 Å². The Balaban J connectivity index is 1.59. The normalized spacial score (nSPS) is 10.7. The Kier molecular flexibility index (Phi) is 6.59. The average molecular weight is 575 g/mol. The standard InChI is InChI=1S/C24H16ClIN2O3S/c1-13-6-7-14(17-10-15-4-2-3-5-21(15)31-23(17)30)11-20(13)27-24(32)28-22(29)18-12-16(26)8-9-19(18)25/h2-12H,1H3,(H2,27,28,29,32). The fourth-order valence-electron chi connectivity index (χ4n) is 3.18. The third-order valence-electron chi connectivity index (χ3n) is 4.84. The molecule has 0 bridgehead atoms. The van der Waals surface area contributed by atoms with Crippen LogP contribution in [0, 0.1) is 10.5 Å². The summed E-state index contributed by atoms with van der Waals surface area (Å²) in [7, 11) is 0. The van der Waals surface area contributed by atoms with Gasteiger partial charge in [-0.15, -0.1) is 0 Å².